The standard InChI is InChI=1S/C25H33FN4O.HI/c1-27-24(30-15-13-29(14-16-30)19-21-5-3-2-4-6-21)28-20-25(11-17-31-18-12-25)22-7-9-23(26)10-8-22;/h2-10H,11-20H2,1H3,(H,27,28);1H. The molecule has 0 spiro atoms. The van der Waals surface area contributed by atoms with Crippen molar-refractivity contribution in [3.8, 4) is 0 Å². The SMILES string of the molecule is CN=C(NCC1(c2ccc(F)cc2)CCOCC1)N1CCN(Cc2ccccc2)CC1.I. The maximum atomic E-state index is 13.5. The Kier molecular flexibility index (Phi) is 9.31. The van der Waals surface area contributed by atoms with Gasteiger partial charge >= 0.3 is 0 Å². The second-order valence-electron chi connectivity index (χ2n) is 8.55. The highest BCUT2D eigenvalue weighted by molar-refractivity contribution is 14.0. The van der Waals surface area contributed by atoms with Gasteiger partial charge < -0.3 is 15.0 Å². The third-order valence-corrected chi connectivity index (χ3v) is 6.62. The summed E-state index contributed by atoms with van der Waals surface area (Å²) in [5.41, 5.74) is 2.48. The molecule has 7 heteroatoms. The van der Waals surface area contributed by atoms with Gasteiger partial charge in [0.2, 0.25) is 0 Å². The summed E-state index contributed by atoms with van der Waals surface area (Å²) in [5, 5.41) is 3.64. The second-order valence-corrected chi connectivity index (χ2v) is 8.55. The van der Waals surface area contributed by atoms with Crippen molar-refractivity contribution in [1.29, 1.82) is 0 Å². The van der Waals surface area contributed by atoms with Crippen molar-refractivity contribution >= 4 is 29.9 Å². The van der Waals surface area contributed by atoms with Crippen molar-refractivity contribution in [3.63, 3.8) is 0 Å². The number of rotatable bonds is 5. The number of benzene rings is 2. The molecule has 32 heavy (non-hydrogen) atoms. The molecule has 0 aliphatic carbocycles. The molecule has 2 aromatic carbocycles. The van der Waals surface area contributed by atoms with Crippen LogP contribution in [0, 0.1) is 5.82 Å². The van der Waals surface area contributed by atoms with Crippen LogP contribution in [0.3, 0.4) is 0 Å². The van der Waals surface area contributed by atoms with E-state index in [1.807, 2.05) is 19.2 Å². The third-order valence-electron chi connectivity index (χ3n) is 6.62. The fourth-order valence-corrected chi connectivity index (χ4v) is 4.67. The molecule has 5 nitrogen and oxygen atoms in total. The first-order valence-electron chi connectivity index (χ1n) is 11.2. The van der Waals surface area contributed by atoms with Crippen LogP contribution in [0.2, 0.25) is 0 Å². The van der Waals surface area contributed by atoms with E-state index >= 15 is 0 Å². The predicted octanol–water partition coefficient (Wildman–Crippen LogP) is 3.89. The smallest absolute Gasteiger partial charge is 0.193 e. The van der Waals surface area contributed by atoms with Gasteiger partial charge in [-0.15, -0.1) is 24.0 Å². The number of guanidine groups is 1. The van der Waals surface area contributed by atoms with Crippen LogP contribution in [0.25, 0.3) is 0 Å². The predicted molar refractivity (Wildman–Crippen MR) is 138 cm³/mol. The van der Waals surface area contributed by atoms with Crippen LogP contribution in [0.15, 0.2) is 59.6 Å². The molecule has 2 aliphatic heterocycles. The minimum Gasteiger partial charge on any atom is -0.381 e. The molecule has 174 valence electrons. The average Bonchev–Trinajstić information content (AvgIpc) is 2.82. The molecule has 0 bridgehead atoms. The van der Waals surface area contributed by atoms with Crippen LogP contribution < -0.4 is 5.32 Å². The Hall–Kier alpha value is -1.71. The maximum absolute atomic E-state index is 13.5. The molecule has 2 saturated heterocycles. The van der Waals surface area contributed by atoms with Gasteiger partial charge in [-0.05, 0) is 36.1 Å². The molecule has 4 rings (SSSR count). The van der Waals surface area contributed by atoms with Crippen molar-refractivity contribution < 1.29 is 9.13 Å². The van der Waals surface area contributed by atoms with Crippen LogP contribution in [0.1, 0.15) is 24.0 Å². The molecule has 0 radical (unpaired) electrons. The molecule has 0 saturated carbocycles. The van der Waals surface area contributed by atoms with Crippen molar-refractivity contribution in [2.75, 3.05) is 53.0 Å². The van der Waals surface area contributed by atoms with E-state index in [0.717, 1.165) is 71.3 Å². The Morgan fingerprint density at radius 1 is 1.00 bits per heavy atom. The van der Waals surface area contributed by atoms with E-state index in [4.69, 9.17) is 4.74 Å². The number of hydrogen-bond acceptors (Lipinski definition) is 3. The Morgan fingerprint density at radius 3 is 2.28 bits per heavy atom. The molecule has 2 aliphatic rings. The normalized spacial score (nSPS) is 19.3. The van der Waals surface area contributed by atoms with Crippen LogP contribution in [0.4, 0.5) is 4.39 Å². The quantitative estimate of drug-likeness (QED) is 0.348. The van der Waals surface area contributed by atoms with E-state index in [1.54, 1.807) is 12.1 Å². The molecular weight excluding hydrogens is 518 g/mol. The van der Waals surface area contributed by atoms with Crippen molar-refractivity contribution in [2.45, 2.75) is 24.8 Å². The largest absolute Gasteiger partial charge is 0.381 e. The Labute approximate surface area is 208 Å². The summed E-state index contributed by atoms with van der Waals surface area (Å²) in [4.78, 5) is 9.41. The summed E-state index contributed by atoms with van der Waals surface area (Å²) >= 11 is 0. The minimum atomic E-state index is -0.192. The zero-order valence-corrected chi connectivity index (χ0v) is 21.1. The van der Waals surface area contributed by atoms with E-state index in [2.05, 4.69) is 50.4 Å². The summed E-state index contributed by atoms with van der Waals surface area (Å²) in [7, 11) is 1.85. The summed E-state index contributed by atoms with van der Waals surface area (Å²) in [6.07, 6.45) is 1.85. The number of piperazine rings is 1. The Morgan fingerprint density at radius 2 is 1.66 bits per heavy atom. The molecule has 2 fully saturated rings. The summed E-state index contributed by atoms with van der Waals surface area (Å²) in [6.45, 7) is 7.19. The third kappa shape index (κ3) is 6.20. The zero-order chi connectivity index (χ0) is 21.5. The van der Waals surface area contributed by atoms with Crippen molar-refractivity contribution in [2.24, 2.45) is 4.99 Å². The lowest BCUT2D eigenvalue weighted by Gasteiger charge is -2.40. The van der Waals surface area contributed by atoms with Gasteiger partial charge in [-0.1, -0.05) is 42.5 Å². The first kappa shape index (κ1) is 24.9. The lowest BCUT2D eigenvalue weighted by atomic mass is 9.74. The average molecular weight is 552 g/mol. The summed E-state index contributed by atoms with van der Waals surface area (Å²) < 4.78 is 19.1. The molecule has 2 aromatic rings. The van der Waals surface area contributed by atoms with Gasteiger partial charge in [-0.2, -0.15) is 0 Å². The highest BCUT2D eigenvalue weighted by Crippen LogP contribution is 2.34. The monoisotopic (exact) mass is 552 g/mol. The first-order chi connectivity index (χ1) is 15.2. The molecule has 0 unspecified atom stereocenters. The van der Waals surface area contributed by atoms with E-state index in [0.29, 0.717) is 0 Å². The number of ether oxygens (including phenoxy) is 1. The fraction of sp³-hybridized carbons (Fsp3) is 0.480. The van der Waals surface area contributed by atoms with Crippen LogP contribution in [0.5, 0.6) is 0 Å². The van der Waals surface area contributed by atoms with E-state index < -0.39 is 0 Å². The maximum Gasteiger partial charge on any atom is 0.193 e. The topological polar surface area (TPSA) is 40.1 Å². The van der Waals surface area contributed by atoms with Gasteiger partial charge in [-0.25, -0.2) is 4.39 Å². The lowest BCUT2D eigenvalue weighted by Crippen LogP contribution is -2.54. The first-order valence-corrected chi connectivity index (χ1v) is 11.2. The van der Waals surface area contributed by atoms with Gasteiger partial charge in [0, 0.05) is 64.9 Å². The molecule has 2 heterocycles. The van der Waals surface area contributed by atoms with E-state index in [1.165, 1.54) is 11.1 Å². The minimum absolute atomic E-state index is 0. The zero-order valence-electron chi connectivity index (χ0n) is 18.8. The van der Waals surface area contributed by atoms with Crippen molar-refractivity contribution in [1.82, 2.24) is 15.1 Å². The number of hydrogen-bond donors (Lipinski definition) is 1. The van der Waals surface area contributed by atoms with Gasteiger partial charge in [0.1, 0.15) is 5.82 Å². The molecule has 1 N–H and O–H groups in total. The van der Waals surface area contributed by atoms with Gasteiger partial charge in [0.25, 0.3) is 0 Å². The second kappa shape index (κ2) is 12.0. The highest BCUT2D eigenvalue weighted by Gasteiger charge is 2.35. The number of nitrogens with one attached hydrogen (secondary N) is 1. The van der Waals surface area contributed by atoms with Crippen LogP contribution in [-0.2, 0) is 16.7 Å². The van der Waals surface area contributed by atoms with Gasteiger partial charge in [0.05, 0.1) is 0 Å². The highest BCUT2D eigenvalue weighted by atomic mass is 127. The van der Waals surface area contributed by atoms with Gasteiger partial charge in [-0.3, -0.25) is 9.89 Å². The van der Waals surface area contributed by atoms with Crippen molar-refractivity contribution in [3.05, 3.63) is 71.5 Å². The van der Waals surface area contributed by atoms with E-state index in [-0.39, 0.29) is 35.2 Å². The number of aliphatic imine (C=N–C) groups is 1. The Balaban J connectivity index is 0.00000289. The van der Waals surface area contributed by atoms with Crippen LogP contribution >= 0.6 is 24.0 Å². The fourth-order valence-electron chi connectivity index (χ4n) is 4.67. The lowest BCUT2D eigenvalue weighted by molar-refractivity contribution is 0.0510. The molecular formula is C25H34FIN4O. The van der Waals surface area contributed by atoms with Crippen LogP contribution in [-0.4, -0.2) is 68.7 Å². The number of nitrogens with zero attached hydrogens (tertiary/aromatic N) is 3. The van der Waals surface area contributed by atoms with E-state index in [9.17, 15) is 4.39 Å². The molecule has 0 aromatic heterocycles. The number of halogens is 2. The molecule has 0 amide bonds. The molecule has 0 atom stereocenters. The summed E-state index contributed by atoms with van der Waals surface area (Å²) in [6, 6.07) is 17.6. The Bertz CT molecular complexity index is 848. The van der Waals surface area contributed by atoms with Gasteiger partial charge in [0.15, 0.2) is 5.96 Å². The summed E-state index contributed by atoms with van der Waals surface area (Å²) in [5.74, 6) is 0.760.